The van der Waals surface area contributed by atoms with Gasteiger partial charge in [0, 0.05) is 19.0 Å². The maximum atomic E-state index is 13.4. The third-order valence-corrected chi connectivity index (χ3v) is 1.79. The molecule has 0 saturated heterocycles. The predicted molar refractivity (Wildman–Crippen MR) is 55.7 cm³/mol. The number of hydrogen-bond donors (Lipinski definition) is 1. The van der Waals surface area contributed by atoms with Gasteiger partial charge in [-0.05, 0) is 25.1 Å². The summed E-state index contributed by atoms with van der Waals surface area (Å²) in [6.07, 6.45) is 0. The fourth-order valence-electron chi connectivity index (χ4n) is 1.14. The monoisotopic (exact) mass is 225 g/mol. The number of nitrogens with one attached hydrogen (secondary N) is 1. The predicted octanol–water partition coefficient (Wildman–Crippen LogP) is 1.50. The third-order valence-electron chi connectivity index (χ3n) is 1.79. The van der Waals surface area contributed by atoms with Crippen LogP contribution in [0.25, 0.3) is 0 Å². The van der Waals surface area contributed by atoms with E-state index in [-0.39, 0.29) is 17.2 Å². The van der Waals surface area contributed by atoms with E-state index in [1.54, 1.807) is 6.92 Å². The molecule has 0 aromatic heterocycles. The van der Waals surface area contributed by atoms with Crippen molar-refractivity contribution in [2.45, 2.75) is 13.8 Å². The maximum absolute atomic E-state index is 13.4. The fourth-order valence-corrected chi connectivity index (χ4v) is 1.14. The van der Waals surface area contributed by atoms with E-state index in [9.17, 15) is 14.0 Å². The lowest BCUT2D eigenvalue weighted by Crippen LogP contribution is -2.22. The average molecular weight is 225 g/mol. The van der Waals surface area contributed by atoms with Gasteiger partial charge in [-0.3, -0.25) is 9.59 Å². The molecule has 1 amide bonds. The number of ether oxygens (including phenoxy) is 1. The third kappa shape index (κ3) is 3.05. The molecule has 0 radical (unpaired) electrons. The molecular formula is C11H12FNO3. The summed E-state index contributed by atoms with van der Waals surface area (Å²) >= 11 is 0. The first-order valence-corrected chi connectivity index (χ1v) is 4.80. The average Bonchev–Trinajstić information content (AvgIpc) is 2.20. The van der Waals surface area contributed by atoms with E-state index >= 15 is 0 Å². The molecule has 4 nitrogen and oxygen atoms in total. The molecule has 0 aliphatic rings. The summed E-state index contributed by atoms with van der Waals surface area (Å²) in [5, 5.41) is 2.54. The molecule has 16 heavy (non-hydrogen) atoms. The minimum atomic E-state index is -0.737. The molecule has 1 aromatic rings. The first kappa shape index (κ1) is 12.2. The zero-order valence-corrected chi connectivity index (χ0v) is 9.04. The largest absolute Gasteiger partial charge is 0.424 e. The van der Waals surface area contributed by atoms with E-state index in [2.05, 4.69) is 10.1 Å². The molecule has 0 saturated carbocycles. The molecule has 0 aliphatic carbocycles. The topological polar surface area (TPSA) is 55.4 Å². The van der Waals surface area contributed by atoms with Crippen LogP contribution in [-0.2, 0) is 4.79 Å². The summed E-state index contributed by atoms with van der Waals surface area (Å²) in [7, 11) is 0. The lowest BCUT2D eigenvalue weighted by Gasteiger charge is -2.05. The Balaban J connectivity index is 2.90. The van der Waals surface area contributed by atoms with E-state index in [0.717, 1.165) is 6.07 Å². The quantitative estimate of drug-likeness (QED) is 0.626. The van der Waals surface area contributed by atoms with E-state index < -0.39 is 11.8 Å². The van der Waals surface area contributed by atoms with Crippen LogP contribution in [0, 0.1) is 5.82 Å². The van der Waals surface area contributed by atoms with Gasteiger partial charge >= 0.3 is 5.97 Å². The summed E-state index contributed by atoms with van der Waals surface area (Å²) in [6, 6.07) is 3.68. The van der Waals surface area contributed by atoms with Crippen molar-refractivity contribution >= 4 is 11.9 Å². The standard InChI is InChI=1S/C11H12FNO3/c1-3-13-11(15)8-4-5-10(9(12)6-8)16-7(2)14/h4-6H,3H2,1-2H3,(H,13,15). The van der Waals surface area contributed by atoms with Gasteiger partial charge in [-0.25, -0.2) is 4.39 Å². The Labute approximate surface area is 92.4 Å². The van der Waals surface area contributed by atoms with E-state index in [0.29, 0.717) is 6.54 Å². The summed E-state index contributed by atoms with van der Waals surface area (Å²) in [6.45, 7) is 3.41. The van der Waals surface area contributed by atoms with Gasteiger partial charge < -0.3 is 10.1 Å². The Morgan fingerprint density at radius 1 is 1.44 bits per heavy atom. The molecule has 0 spiro atoms. The Morgan fingerprint density at radius 2 is 2.12 bits per heavy atom. The number of amides is 1. The molecule has 0 atom stereocenters. The van der Waals surface area contributed by atoms with Crippen molar-refractivity contribution in [3.8, 4) is 5.75 Å². The van der Waals surface area contributed by atoms with Crippen molar-refractivity contribution in [1.29, 1.82) is 0 Å². The van der Waals surface area contributed by atoms with Crippen molar-refractivity contribution < 1.29 is 18.7 Å². The normalized spacial score (nSPS) is 9.69. The van der Waals surface area contributed by atoms with Gasteiger partial charge in [0.25, 0.3) is 5.91 Å². The lowest BCUT2D eigenvalue weighted by molar-refractivity contribution is -0.132. The zero-order valence-electron chi connectivity index (χ0n) is 9.04. The van der Waals surface area contributed by atoms with Gasteiger partial charge in [-0.1, -0.05) is 0 Å². The Morgan fingerprint density at radius 3 is 2.62 bits per heavy atom. The van der Waals surface area contributed by atoms with Crippen LogP contribution >= 0.6 is 0 Å². The van der Waals surface area contributed by atoms with Gasteiger partial charge in [0.05, 0.1) is 0 Å². The second-order valence-electron chi connectivity index (χ2n) is 3.10. The van der Waals surface area contributed by atoms with Gasteiger partial charge in [-0.15, -0.1) is 0 Å². The molecule has 0 heterocycles. The van der Waals surface area contributed by atoms with Crippen molar-refractivity contribution in [2.24, 2.45) is 0 Å². The Bertz CT molecular complexity index is 418. The molecule has 0 bridgehead atoms. The summed E-state index contributed by atoms with van der Waals surface area (Å²) < 4.78 is 17.9. The molecule has 5 heteroatoms. The highest BCUT2D eigenvalue weighted by atomic mass is 19.1. The van der Waals surface area contributed by atoms with Gasteiger partial charge in [0.15, 0.2) is 11.6 Å². The van der Waals surface area contributed by atoms with E-state index in [1.165, 1.54) is 19.1 Å². The molecule has 1 N–H and O–H groups in total. The van der Waals surface area contributed by atoms with Gasteiger partial charge in [0.2, 0.25) is 0 Å². The SMILES string of the molecule is CCNC(=O)c1ccc(OC(C)=O)c(F)c1. The molecule has 0 fully saturated rings. The Hall–Kier alpha value is -1.91. The summed E-state index contributed by atoms with van der Waals surface area (Å²) in [5.41, 5.74) is 0.190. The molecule has 0 aliphatic heterocycles. The smallest absolute Gasteiger partial charge is 0.308 e. The molecule has 1 rings (SSSR count). The van der Waals surface area contributed by atoms with E-state index in [4.69, 9.17) is 0 Å². The van der Waals surface area contributed by atoms with E-state index in [1.807, 2.05) is 0 Å². The number of esters is 1. The Kier molecular flexibility index (Phi) is 3.99. The number of carbonyl (C=O) groups is 2. The second-order valence-corrected chi connectivity index (χ2v) is 3.10. The van der Waals surface area contributed by atoms with Crippen LogP contribution in [0.1, 0.15) is 24.2 Å². The highest BCUT2D eigenvalue weighted by molar-refractivity contribution is 5.94. The molecule has 86 valence electrons. The van der Waals surface area contributed by atoms with Crippen LogP contribution in [0.5, 0.6) is 5.75 Å². The zero-order chi connectivity index (χ0) is 12.1. The molecular weight excluding hydrogens is 213 g/mol. The van der Waals surface area contributed by atoms with Crippen LogP contribution < -0.4 is 10.1 Å². The number of carbonyl (C=O) groups excluding carboxylic acids is 2. The first-order valence-electron chi connectivity index (χ1n) is 4.80. The summed E-state index contributed by atoms with van der Waals surface area (Å²) in [4.78, 5) is 22.0. The first-order chi connectivity index (χ1) is 7.54. The molecule has 1 aromatic carbocycles. The maximum Gasteiger partial charge on any atom is 0.308 e. The van der Waals surface area contributed by atoms with Crippen LogP contribution in [0.2, 0.25) is 0 Å². The van der Waals surface area contributed by atoms with Crippen molar-refractivity contribution in [1.82, 2.24) is 5.32 Å². The minimum absolute atomic E-state index is 0.180. The van der Waals surface area contributed by atoms with Crippen LogP contribution in [-0.4, -0.2) is 18.4 Å². The minimum Gasteiger partial charge on any atom is -0.424 e. The van der Waals surface area contributed by atoms with Gasteiger partial charge in [-0.2, -0.15) is 0 Å². The van der Waals surface area contributed by atoms with Crippen molar-refractivity contribution in [3.05, 3.63) is 29.6 Å². The highest BCUT2D eigenvalue weighted by Gasteiger charge is 2.10. The fraction of sp³-hybridized carbons (Fsp3) is 0.273. The molecule has 0 unspecified atom stereocenters. The second kappa shape index (κ2) is 5.25. The van der Waals surface area contributed by atoms with Crippen molar-refractivity contribution in [2.75, 3.05) is 6.54 Å². The highest BCUT2D eigenvalue weighted by Crippen LogP contribution is 2.18. The number of benzene rings is 1. The lowest BCUT2D eigenvalue weighted by atomic mass is 10.2. The van der Waals surface area contributed by atoms with Crippen LogP contribution in [0.15, 0.2) is 18.2 Å². The summed E-state index contributed by atoms with van der Waals surface area (Å²) in [5.74, 6) is -1.89. The van der Waals surface area contributed by atoms with Gasteiger partial charge in [0.1, 0.15) is 0 Å². The van der Waals surface area contributed by atoms with Crippen LogP contribution in [0.3, 0.4) is 0 Å². The number of rotatable bonds is 3. The van der Waals surface area contributed by atoms with Crippen LogP contribution in [0.4, 0.5) is 4.39 Å². The number of halogens is 1. The number of hydrogen-bond acceptors (Lipinski definition) is 3. The van der Waals surface area contributed by atoms with Crippen molar-refractivity contribution in [3.63, 3.8) is 0 Å².